The van der Waals surface area contributed by atoms with E-state index < -0.39 is 0 Å². The summed E-state index contributed by atoms with van der Waals surface area (Å²) < 4.78 is 0. The Morgan fingerprint density at radius 1 is 1.29 bits per heavy atom. The van der Waals surface area contributed by atoms with Gasteiger partial charge in [-0.15, -0.1) is 0 Å². The summed E-state index contributed by atoms with van der Waals surface area (Å²) in [5, 5.41) is 3.63. The zero-order valence-electron chi connectivity index (χ0n) is 10.4. The number of halogens is 1. The molecule has 0 unspecified atom stereocenters. The molecule has 1 rings (SSSR count). The summed E-state index contributed by atoms with van der Waals surface area (Å²) >= 11 is 3.36. The van der Waals surface area contributed by atoms with Crippen molar-refractivity contribution < 1.29 is 9.59 Å². The van der Waals surface area contributed by atoms with Gasteiger partial charge in [0.05, 0.1) is 0 Å². The highest BCUT2D eigenvalue weighted by molar-refractivity contribution is 9.09. The van der Waals surface area contributed by atoms with Gasteiger partial charge < -0.3 is 10.2 Å². The van der Waals surface area contributed by atoms with Crippen LogP contribution in [0, 0.1) is 5.92 Å². The Labute approximate surface area is 111 Å². The zero-order chi connectivity index (χ0) is 12.7. The molecule has 0 aliphatic carbocycles. The van der Waals surface area contributed by atoms with Gasteiger partial charge in [0.2, 0.25) is 11.8 Å². The van der Waals surface area contributed by atoms with Crippen molar-refractivity contribution >= 4 is 27.7 Å². The molecule has 1 fully saturated rings. The molecule has 98 valence electrons. The number of rotatable bonds is 5. The molecule has 0 radical (unpaired) electrons. The molecule has 2 amide bonds. The number of amides is 2. The number of nitrogens with one attached hydrogen (secondary N) is 1. The third-order valence-electron chi connectivity index (χ3n) is 3.24. The monoisotopic (exact) mass is 304 g/mol. The molecule has 0 bridgehead atoms. The molecule has 1 saturated heterocycles. The van der Waals surface area contributed by atoms with Gasteiger partial charge in [0.1, 0.15) is 0 Å². The summed E-state index contributed by atoms with van der Waals surface area (Å²) in [5.74, 6) is 0.435. The van der Waals surface area contributed by atoms with E-state index in [4.69, 9.17) is 0 Å². The molecule has 0 saturated carbocycles. The van der Waals surface area contributed by atoms with Gasteiger partial charge in [0.25, 0.3) is 0 Å². The van der Waals surface area contributed by atoms with Crippen LogP contribution in [0.1, 0.15) is 32.1 Å². The molecule has 0 aromatic rings. The molecule has 0 spiro atoms. The second-order valence-corrected chi connectivity index (χ2v) is 5.21. The standard InChI is InChI=1S/C12H21BrN2O2/c1-14-12(17)10-5-8-15(9-6-10)11(16)4-2-3-7-13/h10H,2-9H2,1H3,(H,14,17). The highest BCUT2D eigenvalue weighted by atomic mass is 79.9. The molecular weight excluding hydrogens is 284 g/mol. The van der Waals surface area contributed by atoms with Crippen LogP contribution in [0.25, 0.3) is 0 Å². The highest BCUT2D eigenvalue weighted by Crippen LogP contribution is 2.18. The Morgan fingerprint density at radius 2 is 1.94 bits per heavy atom. The van der Waals surface area contributed by atoms with E-state index in [2.05, 4.69) is 21.2 Å². The van der Waals surface area contributed by atoms with Crippen molar-refractivity contribution in [2.75, 3.05) is 25.5 Å². The van der Waals surface area contributed by atoms with Crippen LogP contribution in [0.3, 0.4) is 0 Å². The van der Waals surface area contributed by atoms with Gasteiger partial charge in [-0.25, -0.2) is 0 Å². The summed E-state index contributed by atoms with van der Waals surface area (Å²) in [7, 11) is 1.67. The lowest BCUT2D eigenvalue weighted by Crippen LogP contribution is -2.42. The quantitative estimate of drug-likeness (QED) is 0.619. The molecule has 1 aliphatic heterocycles. The van der Waals surface area contributed by atoms with Crippen LogP contribution < -0.4 is 5.32 Å². The first-order valence-corrected chi connectivity index (χ1v) is 7.36. The van der Waals surface area contributed by atoms with E-state index in [1.54, 1.807) is 7.05 Å². The Balaban J connectivity index is 2.26. The van der Waals surface area contributed by atoms with E-state index in [-0.39, 0.29) is 17.7 Å². The van der Waals surface area contributed by atoms with E-state index in [9.17, 15) is 9.59 Å². The number of carbonyl (C=O) groups is 2. The van der Waals surface area contributed by atoms with Gasteiger partial charge in [-0.3, -0.25) is 9.59 Å². The Morgan fingerprint density at radius 3 is 2.47 bits per heavy atom. The van der Waals surface area contributed by atoms with Gasteiger partial charge in [-0.1, -0.05) is 15.9 Å². The van der Waals surface area contributed by atoms with Crippen LogP contribution >= 0.6 is 15.9 Å². The predicted octanol–water partition coefficient (Wildman–Crippen LogP) is 1.54. The van der Waals surface area contributed by atoms with E-state index in [1.807, 2.05) is 4.90 Å². The number of alkyl halides is 1. The van der Waals surface area contributed by atoms with Crippen molar-refractivity contribution in [3.05, 3.63) is 0 Å². The minimum Gasteiger partial charge on any atom is -0.359 e. The summed E-state index contributed by atoms with van der Waals surface area (Å²) in [6, 6.07) is 0. The summed E-state index contributed by atoms with van der Waals surface area (Å²) in [4.78, 5) is 25.2. The lowest BCUT2D eigenvalue weighted by molar-refractivity contribution is -0.135. The van der Waals surface area contributed by atoms with Gasteiger partial charge in [-0.2, -0.15) is 0 Å². The number of likely N-dealkylation sites (tertiary alicyclic amines) is 1. The summed E-state index contributed by atoms with van der Waals surface area (Å²) in [5.41, 5.74) is 0. The number of hydrogen-bond acceptors (Lipinski definition) is 2. The molecule has 5 heteroatoms. The molecule has 4 nitrogen and oxygen atoms in total. The Hall–Kier alpha value is -0.580. The first kappa shape index (κ1) is 14.5. The normalized spacial score (nSPS) is 16.9. The molecule has 1 aliphatic rings. The second kappa shape index (κ2) is 7.69. The first-order valence-electron chi connectivity index (χ1n) is 6.24. The number of nitrogens with zero attached hydrogens (tertiary/aromatic N) is 1. The SMILES string of the molecule is CNC(=O)C1CCN(C(=O)CCCCBr)CC1. The molecule has 17 heavy (non-hydrogen) atoms. The van der Waals surface area contributed by atoms with Gasteiger partial charge in [0.15, 0.2) is 0 Å². The largest absolute Gasteiger partial charge is 0.359 e. The van der Waals surface area contributed by atoms with E-state index >= 15 is 0 Å². The summed E-state index contributed by atoms with van der Waals surface area (Å²) in [6.07, 6.45) is 4.21. The summed E-state index contributed by atoms with van der Waals surface area (Å²) in [6.45, 7) is 1.45. The maximum Gasteiger partial charge on any atom is 0.222 e. The average molecular weight is 305 g/mol. The van der Waals surface area contributed by atoms with Crippen LogP contribution in [-0.4, -0.2) is 42.2 Å². The van der Waals surface area contributed by atoms with E-state index in [1.165, 1.54) is 0 Å². The fourth-order valence-electron chi connectivity index (χ4n) is 2.12. The molecule has 1 N–H and O–H groups in total. The van der Waals surface area contributed by atoms with Crippen molar-refractivity contribution in [3.63, 3.8) is 0 Å². The zero-order valence-corrected chi connectivity index (χ0v) is 12.0. The van der Waals surface area contributed by atoms with Crippen LogP contribution in [0.4, 0.5) is 0 Å². The average Bonchev–Trinajstić information content (AvgIpc) is 2.38. The number of carbonyl (C=O) groups excluding carboxylic acids is 2. The highest BCUT2D eigenvalue weighted by Gasteiger charge is 2.26. The maximum atomic E-state index is 11.8. The fourth-order valence-corrected chi connectivity index (χ4v) is 2.52. The van der Waals surface area contributed by atoms with Crippen molar-refractivity contribution in [3.8, 4) is 0 Å². The van der Waals surface area contributed by atoms with E-state index in [0.717, 1.165) is 44.1 Å². The first-order chi connectivity index (χ1) is 8.19. The molecule has 0 aromatic heterocycles. The Bertz CT molecular complexity index is 263. The third kappa shape index (κ3) is 4.66. The molecule has 0 atom stereocenters. The van der Waals surface area contributed by atoms with Crippen LogP contribution in [-0.2, 0) is 9.59 Å². The topological polar surface area (TPSA) is 49.4 Å². The molecule has 0 aromatic carbocycles. The Kier molecular flexibility index (Phi) is 6.55. The lowest BCUT2D eigenvalue weighted by atomic mass is 9.95. The minimum absolute atomic E-state index is 0.0894. The number of piperidine rings is 1. The molecule has 1 heterocycles. The van der Waals surface area contributed by atoms with E-state index in [0.29, 0.717) is 6.42 Å². The number of unbranched alkanes of at least 4 members (excludes halogenated alkanes) is 1. The molecular formula is C12H21BrN2O2. The van der Waals surface area contributed by atoms with Crippen molar-refractivity contribution in [2.45, 2.75) is 32.1 Å². The minimum atomic E-state index is 0.0894. The van der Waals surface area contributed by atoms with Gasteiger partial charge in [0, 0.05) is 37.8 Å². The lowest BCUT2D eigenvalue weighted by Gasteiger charge is -2.31. The van der Waals surface area contributed by atoms with Crippen LogP contribution in [0.2, 0.25) is 0 Å². The maximum absolute atomic E-state index is 11.8. The van der Waals surface area contributed by atoms with Crippen LogP contribution in [0.5, 0.6) is 0 Å². The van der Waals surface area contributed by atoms with Gasteiger partial charge >= 0.3 is 0 Å². The van der Waals surface area contributed by atoms with Gasteiger partial charge in [-0.05, 0) is 25.7 Å². The van der Waals surface area contributed by atoms with Crippen molar-refractivity contribution in [2.24, 2.45) is 5.92 Å². The second-order valence-electron chi connectivity index (χ2n) is 4.42. The smallest absolute Gasteiger partial charge is 0.222 e. The van der Waals surface area contributed by atoms with Crippen LogP contribution in [0.15, 0.2) is 0 Å². The predicted molar refractivity (Wildman–Crippen MR) is 71.0 cm³/mol. The number of hydrogen-bond donors (Lipinski definition) is 1. The van der Waals surface area contributed by atoms with Crippen molar-refractivity contribution in [1.29, 1.82) is 0 Å². The fraction of sp³-hybridized carbons (Fsp3) is 0.833. The third-order valence-corrected chi connectivity index (χ3v) is 3.80. The van der Waals surface area contributed by atoms with Crippen molar-refractivity contribution in [1.82, 2.24) is 10.2 Å².